The maximum Gasteiger partial charge on any atom is 0.287 e. The number of para-hydroxylation sites is 1. The summed E-state index contributed by atoms with van der Waals surface area (Å²) in [6.07, 6.45) is 0. The molecule has 1 N–H and O–H groups in total. The molecule has 28 heavy (non-hydrogen) atoms. The highest BCUT2D eigenvalue weighted by molar-refractivity contribution is 9.10. The lowest BCUT2D eigenvalue weighted by atomic mass is 10.1. The molecule has 0 unspecified atom stereocenters. The van der Waals surface area contributed by atoms with Crippen LogP contribution < -0.4 is 19.5 Å². The van der Waals surface area contributed by atoms with Gasteiger partial charge >= 0.3 is 0 Å². The molecule has 1 aliphatic heterocycles. The van der Waals surface area contributed by atoms with E-state index in [1.807, 2.05) is 42.5 Å². The van der Waals surface area contributed by atoms with Crippen molar-refractivity contribution in [1.29, 1.82) is 0 Å². The zero-order valence-corrected chi connectivity index (χ0v) is 16.5. The van der Waals surface area contributed by atoms with Crippen LogP contribution in [0.1, 0.15) is 21.9 Å². The fourth-order valence-corrected chi connectivity index (χ4v) is 3.06. The zero-order chi connectivity index (χ0) is 19.3. The van der Waals surface area contributed by atoms with Crippen LogP contribution in [0.15, 0.2) is 63.5 Å². The monoisotopic (exact) mass is 443 g/mol. The van der Waals surface area contributed by atoms with Gasteiger partial charge in [0.15, 0.2) is 17.3 Å². The third kappa shape index (κ3) is 4.31. The molecular formula is C21H18BrNO5. The minimum atomic E-state index is -0.302. The van der Waals surface area contributed by atoms with Crippen molar-refractivity contribution in [2.75, 3.05) is 13.2 Å². The van der Waals surface area contributed by atoms with Crippen LogP contribution in [0, 0.1) is 0 Å². The first-order chi connectivity index (χ1) is 13.7. The van der Waals surface area contributed by atoms with Crippen LogP contribution in [0.3, 0.4) is 0 Å². The van der Waals surface area contributed by atoms with Crippen molar-refractivity contribution in [3.8, 4) is 17.2 Å². The van der Waals surface area contributed by atoms with Gasteiger partial charge in [-0.3, -0.25) is 4.79 Å². The van der Waals surface area contributed by atoms with Crippen molar-refractivity contribution in [2.45, 2.75) is 13.2 Å². The molecule has 0 bridgehead atoms. The third-order valence-corrected chi connectivity index (χ3v) is 4.70. The summed E-state index contributed by atoms with van der Waals surface area (Å²) >= 11 is 3.38. The molecule has 144 valence electrons. The van der Waals surface area contributed by atoms with Gasteiger partial charge in [0.05, 0.1) is 0 Å². The van der Waals surface area contributed by atoms with Crippen molar-refractivity contribution in [3.05, 3.63) is 76.2 Å². The molecule has 0 spiro atoms. The van der Waals surface area contributed by atoms with Crippen LogP contribution in [0.5, 0.6) is 17.2 Å². The van der Waals surface area contributed by atoms with Gasteiger partial charge in [-0.2, -0.15) is 0 Å². The van der Waals surface area contributed by atoms with Gasteiger partial charge in [0.1, 0.15) is 31.3 Å². The Morgan fingerprint density at radius 2 is 1.86 bits per heavy atom. The first-order valence-corrected chi connectivity index (χ1v) is 9.61. The predicted octanol–water partition coefficient (Wildman–Crippen LogP) is 4.32. The Morgan fingerprint density at radius 1 is 1.04 bits per heavy atom. The summed E-state index contributed by atoms with van der Waals surface area (Å²) in [5.74, 6) is 2.60. The molecule has 6 nitrogen and oxygen atoms in total. The van der Waals surface area contributed by atoms with Gasteiger partial charge in [-0.05, 0) is 42.5 Å². The molecule has 4 rings (SSSR count). The Bertz CT molecular complexity index is 967. The van der Waals surface area contributed by atoms with Crippen LogP contribution >= 0.6 is 15.9 Å². The molecule has 7 heteroatoms. The first-order valence-electron chi connectivity index (χ1n) is 8.82. The van der Waals surface area contributed by atoms with Crippen molar-refractivity contribution < 1.29 is 23.4 Å². The average Bonchev–Trinajstić information content (AvgIpc) is 3.21. The predicted molar refractivity (Wildman–Crippen MR) is 106 cm³/mol. The normalized spacial score (nSPS) is 12.5. The SMILES string of the molecule is O=C(NCc1cccc2c1OCCO2)c1ccc(COc2ccc(Br)cc2)o1. The van der Waals surface area contributed by atoms with E-state index in [-0.39, 0.29) is 18.3 Å². The van der Waals surface area contributed by atoms with Crippen LogP contribution in [0.2, 0.25) is 0 Å². The maximum atomic E-state index is 12.4. The third-order valence-electron chi connectivity index (χ3n) is 4.17. The summed E-state index contributed by atoms with van der Waals surface area (Å²) in [6, 6.07) is 16.5. The van der Waals surface area contributed by atoms with Crippen molar-refractivity contribution in [2.24, 2.45) is 0 Å². The topological polar surface area (TPSA) is 69.9 Å². The fourth-order valence-electron chi connectivity index (χ4n) is 2.80. The summed E-state index contributed by atoms with van der Waals surface area (Å²) in [4.78, 5) is 12.4. The molecule has 0 saturated heterocycles. The summed E-state index contributed by atoms with van der Waals surface area (Å²) in [5, 5.41) is 2.84. The van der Waals surface area contributed by atoms with E-state index in [1.165, 1.54) is 0 Å². The highest BCUT2D eigenvalue weighted by Gasteiger charge is 2.17. The Hall–Kier alpha value is -2.93. The molecule has 2 aromatic carbocycles. The minimum Gasteiger partial charge on any atom is -0.486 e. The second-order valence-electron chi connectivity index (χ2n) is 6.13. The number of benzene rings is 2. The molecule has 0 saturated carbocycles. The van der Waals surface area contributed by atoms with Gasteiger partial charge in [-0.15, -0.1) is 0 Å². The number of halogens is 1. The largest absolute Gasteiger partial charge is 0.486 e. The van der Waals surface area contributed by atoms with Gasteiger partial charge in [0, 0.05) is 16.6 Å². The van der Waals surface area contributed by atoms with Gasteiger partial charge < -0.3 is 23.9 Å². The lowest BCUT2D eigenvalue weighted by Crippen LogP contribution is -2.24. The van der Waals surface area contributed by atoms with E-state index < -0.39 is 0 Å². The number of hydrogen-bond acceptors (Lipinski definition) is 5. The van der Waals surface area contributed by atoms with Gasteiger partial charge in [-0.25, -0.2) is 0 Å². The number of nitrogens with one attached hydrogen (secondary N) is 1. The maximum absolute atomic E-state index is 12.4. The van der Waals surface area contributed by atoms with Gasteiger partial charge in [-0.1, -0.05) is 28.1 Å². The van der Waals surface area contributed by atoms with Gasteiger partial charge in [0.25, 0.3) is 5.91 Å². The van der Waals surface area contributed by atoms with E-state index in [1.54, 1.807) is 12.1 Å². The minimum absolute atomic E-state index is 0.233. The number of ether oxygens (including phenoxy) is 3. The zero-order valence-electron chi connectivity index (χ0n) is 14.9. The summed E-state index contributed by atoms with van der Waals surface area (Å²) in [5.41, 5.74) is 0.857. The molecule has 1 aliphatic rings. The Balaban J connectivity index is 1.34. The number of carbonyl (C=O) groups excluding carboxylic acids is 1. The molecular weight excluding hydrogens is 426 g/mol. The fraction of sp³-hybridized carbons (Fsp3) is 0.190. The van der Waals surface area contributed by atoms with Crippen molar-refractivity contribution in [3.63, 3.8) is 0 Å². The van der Waals surface area contributed by atoms with E-state index in [0.717, 1.165) is 15.8 Å². The van der Waals surface area contributed by atoms with Crippen molar-refractivity contribution in [1.82, 2.24) is 5.32 Å². The number of furan rings is 1. The molecule has 1 amide bonds. The molecule has 0 radical (unpaired) electrons. The van der Waals surface area contributed by atoms with Gasteiger partial charge in [0.2, 0.25) is 0 Å². The van der Waals surface area contributed by atoms with E-state index in [4.69, 9.17) is 18.6 Å². The average molecular weight is 444 g/mol. The molecule has 0 fully saturated rings. The summed E-state index contributed by atoms with van der Waals surface area (Å²) in [6.45, 7) is 1.58. The molecule has 2 heterocycles. The van der Waals surface area contributed by atoms with E-state index in [2.05, 4.69) is 21.2 Å². The second-order valence-corrected chi connectivity index (χ2v) is 7.05. The van der Waals surface area contributed by atoms with E-state index in [0.29, 0.717) is 37.0 Å². The number of hydrogen-bond donors (Lipinski definition) is 1. The molecule has 1 aromatic heterocycles. The number of carbonyl (C=O) groups is 1. The van der Waals surface area contributed by atoms with Crippen LogP contribution in [0.25, 0.3) is 0 Å². The number of fused-ring (bicyclic) bond motifs is 1. The van der Waals surface area contributed by atoms with E-state index >= 15 is 0 Å². The molecule has 0 atom stereocenters. The number of amides is 1. The van der Waals surface area contributed by atoms with E-state index in [9.17, 15) is 4.79 Å². The van der Waals surface area contributed by atoms with Crippen LogP contribution in [0.4, 0.5) is 0 Å². The lowest BCUT2D eigenvalue weighted by Gasteiger charge is -2.20. The highest BCUT2D eigenvalue weighted by Crippen LogP contribution is 2.33. The first kappa shape index (κ1) is 18.4. The Kier molecular flexibility index (Phi) is 5.53. The standard InChI is InChI=1S/C21H18BrNO5/c22-15-4-6-16(7-5-15)27-13-17-8-9-19(28-17)21(24)23-12-14-2-1-3-18-20(14)26-11-10-25-18/h1-9H,10-13H2,(H,23,24). The van der Waals surface area contributed by atoms with Crippen molar-refractivity contribution >= 4 is 21.8 Å². The lowest BCUT2D eigenvalue weighted by molar-refractivity contribution is 0.0918. The number of rotatable bonds is 6. The second kappa shape index (κ2) is 8.39. The molecule has 0 aliphatic carbocycles. The smallest absolute Gasteiger partial charge is 0.287 e. The molecule has 3 aromatic rings. The Labute approximate surface area is 170 Å². The highest BCUT2D eigenvalue weighted by atomic mass is 79.9. The summed E-state index contributed by atoms with van der Waals surface area (Å²) < 4.78 is 23.4. The Morgan fingerprint density at radius 3 is 2.71 bits per heavy atom. The summed E-state index contributed by atoms with van der Waals surface area (Å²) in [7, 11) is 0. The van der Waals surface area contributed by atoms with Crippen LogP contribution in [-0.4, -0.2) is 19.1 Å². The van der Waals surface area contributed by atoms with Crippen LogP contribution in [-0.2, 0) is 13.2 Å². The quantitative estimate of drug-likeness (QED) is 0.613.